The molecule has 0 aliphatic carbocycles. The van der Waals surface area contributed by atoms with Crippen LogP contribution in [-0.2, 0) is 6.54 Å². The predicted octanol–water partition coefficient (Wildman–Crippen LogP) is 3.01. The van der Waals surface area contributed by atoms with E-state index < -0.39 is 0 Å². The summed E-state index contributed by atoms with van der Waals surface area (Å²) in [5, 5.41) is 0. The Morgan fingerprint density at radius 2 is 2.11 bits per heavy atom. The quantitative estimate of drug-likeness (QED) is 0.676. The van der Waals surface area contributed by atoms with E-state index in [1.54, 1.807) is 12.3 Å². The van der Waals surface area contributed by atoms with E-state index in [2.05, 4.69) is 4.90 Å². The lowest BCUT2D eigenvalue weighted by molar-refractivity contribution is 0.101. The van der Waals surface area contributed by atoms with E-state index in [0.717, 1.165) is 23.6 Å². The summed E-state index contributed by atoms with van der Waals surface area (Å²) in [6, 6.07) is 7.46. The minimum absolute atomic E-state index is 0.0211. The summed E-state index contributed by atoms with van der Waals surface area (Å²) < 4.78 is 5.28. The molecule has 0 fully saturated rings. The minimum atomic E-state index is -0.0211. The van der Waals surface area contributed by atoms with Crippen LogP contribution in [0.3, 0.4) is 0 Å². The van der Waals surface area contributed by atoms with Gasteiger partial charge in [-0.25, -0.2) is 0 Å². The van der Waals surface area contributed by atoms with Gasteiger partial charge in [-0.1, -0.05) is 0 Å². The lowest BCUT2D eigenvalue weighted by Gasteiger charge is -2.20. The number of nitrogen functional groups attached to an aromatic ring is 1. The van der Waals surface area contributed by atoms with Crippen LogP contribution in [-0.4, -0.2) is 12.8 Å². The van der Waals surface area contributed by atoms with E-state index in [1.807, 2.05) is 32.2 Å². The van der Waals surface area contributed by atoms with Gasteiger partial charge in [0, 0.05) is 36.1 Å². The first-order valence-corrected chi connectivity index (χ1v) is 6.13. The number of hydrogen-bond donors (Lipinski definition) is 1. The number of rotatable bonds is 4. The summed E-state index contributed by atoms with van der Waals surface area (Å²) in [7, 11) is 1.97. The third-order valence-electron chi connectivity index (χ3n) is 3.23. The van der Waals surface area contributed by atoms with Gasteiger partial charge < -0.3 is 15.1 Å². The van der Waals surface area contributed by atoms with Gasteiger partial charge in [-0.2, -0.15) is 0 Å². The molecule has 100 valence electrons. The molecule has 0 atom stereocenters. The fraction of sp³-hybridized carbons (Fsp3) is 0.267. The first-order valence-electron chi connectivity index (χ1n) is 6.13. The highest BCUT2D eigenvalue weighted by atomic mass is 16.3. The van der Waals surface area contributed by atoms with Crippen molar-refractivity contribution < 1.29 is 9.21 Å². The zero-order valence-corrected chi connectivity index (χ0v) is 11.4. The van der Waals surface area contributed by atoms with Gasteiger partial charge in [0.05, 0.1) is 6.26 Å². The van der Waals surface area contributed by atoms with E-state index in [4.69, 9.17) is 10.2 Å². The summed E-state index contributed by atoms with van der Waals surface area (Å²) >= 11 is 0. The van der Waals surface area contributed by atoms with Crippen molar-refractivity contribution in [2.45, 2.75) is 20.4 Å². The number of Topliss-reactive ketones (excluding diaryl/α,β-unsaturated/α-hetero) is 1. The number of nitrogens with zero attached hydrogens (tertiary/aromatic N) is 1. The van der Waals surface area contributed by atoms with Crippen molar-refractivity contribution in [1.82, 2.24) is 0 Å². The number of aryl methyl sites for hydroxylation is 1. The molecule has 0 saturated heterocycles. The van der Waals surface area contributed by atoms with Crippen LogP contribution in [0.4, 0.5) is 11.4 Å². The molecule has 4 nitrogen and oxygen atoms in total. The fourth-order valence-electron chi connectivity index (χ4n) is 2.01. The maximum Gasteiger partial charge on any atom is 0.161 e. The minimum Gasteiger partial charge on any atom is -0.469 e. The van der Waals surface area contributed by atoms with Crippen molar-refractivity contribution in [3.8, 4) is 0 Å². The third kappa shape index (κ3) is 2.78. The molecule has 1 heterocycles. The number of anilines is 2. The Morgan fingerprint density at radius 1 is 1.37 bits per heavy atom. The number of hydrogen-bond acceptors (Lipinski definition) is 4. The van der Waals surface area contributed by atoms with Gasteiger partial charge in [0.2, 0.25) is 0 Å². The van der Waals surface area contributed by atoms with Crippen LogP contribution in [0.25, 0.3) is 0 Å². The van der Waals surface area contributed by atoms with Crippen molar-refractivity contribution in [2.75, 3.05) is 17.7 Å². The molecule has 0 amide bonds. The number of carbonyl (C=O) groups is 1. The summed E-state index contributed by atoms with van der Waals surface area (Å²) in [5.41, 5.74) is 8.96. The van der Waals surface area contributed by atoms with Crippen molar-refractivity contribution in [1.29, 1.82) is 0 Å². The zero-order chi connectivity index (χ0) is 14.0. The average Bonchev–Trinajstić information content (AvgIpc) is 2.75. The Balaban J connectivity index is 2.24. The van der Waals surface area contributed by atoms with E-state index in [9.17, 15) is 4.79 Å². The molecule has 19 heavy (non-hydrogen) atoms. The first-order chi connectivity index (χ1) is 8.99. The summed E-state index contributed by atoms with van der Waals surface area (Å²) in [4.78, 5) is 13.6. The lowest BCUT2D eigenvalue weighted by Crippen LogP contribution is -2.17. The fourth-order valence-corrected chi connectivity index (χ4v) is 2.01. The monoisotopic (exact) mass is 258 g/mol. The van der Waals surface area contributed by atoms with Crippen molar-refractivity contribution in [2.24, 2.45) is 0 Å². The zero-order valence-electron chi connectivity index (χ0n) is 11.4. The molecule has 0 unspecified atom stereocenters. The van der Waals surface area contributed by atoms with Gasteiger partial charge in [-0.3, -0.25) is 4.79 Å². The molecular formula is C15H18N2O2. The summed E-state index contributed by atoms with van der Waals surface area (Å²) in [6.45, 7) is 4.19. The molecule has 2 N–H and O–H groups in total. The Morgan fingerprint density at radius 3 is 2.68 bits per heavy atom. The Hall–Kier alpha value is -2.23. The molecule has 0 bridgehead atoms. The third-order valence-corrected chi connectivity index (χ3v) is 3.23. The van der Waals surface area contributed by atoms with Crippen molar-refractivity contribution >= 4 is 17.2 Å². The van der Waals surface area contributed by atoms with Crippen LogP contribution < -0.4 is 10.6 Å². The highest BCUT2D eigenvalue weighted by Gasteiger charge is 2.10. The Bertz CT molecular complexity index is 602. The van der Waals surface area contributed by atoms with E-state index >= 15 is 0 Å². The van der Waals surface area contributed by atoms with E-state index in [0.29, 0.717) is 11.3 Å². The molecule has 2 aromatic rings. The Labute approximate surface area is 112 Å². The molecule has 0 radical (unpaired) electrons. The Kier molecular flexibility index (Phi) is 3.60. The maximum absolute atomic E-state index is 11.5. The van der Waals surface area contributed by atoms with Gasteiger partial charge >= 0.3 is 0 Å². The standard InChI is InChI=1S/C15H18N2O2/c1-10(18)14-8-13(4-5-15(14)16)17(3)9-12-6-7-19-11(12)2/h4-8H,9,16H2,1-3H3. The molecule has 4 heteroatoms. The van der Waals surface area contributed by atoms with Crippen LogP contribution in [0.2, 0.25) is 0 Å². The molecule has 2 rings (SSSR count). The number of furan rings is 1. The number of ketones is 1. The molecule has 0 aliphatic heterocycles. The van der Waals surface area contributed by atoms with E-state index in [-0.39, 0.29) is 5.78 Å². The molecule has 0 aliphatic rings. The average molecular weight is 258 g/mol. The highest BCUT2D eigenvalue weighted by Crippen LogP contribution is 2.23. The van der Waals surface area contributed by atoms with Gasteiger partial charge in [0.25, 0.3) is 0 Å². The lowest BCUT2D eigenvalue weighted by atomic mass is 10.1. The smallest absolute Gasteiger partial charge is 0.161 e. The number of benzene rings is 1. The van der Waals surface area contributed by atoms with Gasteiger partial charge in [-0.05, 0) is 38.1 Å². The van der Waals surface area contributed by atoms with Gasteiger partial charge in [-0.15, -0.1) is 0 Å². The van der Waals surface area contributed by atoms with Crippen LogP contribution in [0, 0.1) is 6.92 Å². The predicted molar refractivity (Wildman–Crippen MR) is 76.4 cm³/mol. The SMILES string of the molecule is CC(=O)c1cc(N(C)Cc2ccoc2C)ccc1N. The van der Waals surface area contributed by atoms with Gasteiger partial charge in [0.15, 0.2) is 5.78 Å². The normalized spacial score (nSPS) is 10.5. The second-order valence-corrected chi connectivity index (χ2v) is 4.69. The number of nitrogens with two attached hydrogens (primary N) is 1. The molecule has 0 saturated carbocycles. The van der Waals surface area contributed by atoms with Crippen LogP contribution in [0.1, 0.15) is 28.6 Å². The molecular weight excluding hydrogens is 240 g/mol. The van der Waals surface area contributed by atoms with E-state index in [1.165, 1.54) is 6.92 Å². The largest absolute Gasteiger partial charge is 0.469 e. The summed E-state index contributed by atoms with van der Waals surface area (Å²) in [6.07, 6.45) is 1.68. The summed E-state index contributed by atoms with van der Waals surface area (Å²) in [5.74, 6) is 0.890. The second-order valence-electron chi connectivity index (χ2n) is 4.69. The first kappa shape index (κ1) is 13.2. The topological polar surface area (TPSA) is 59.5 Å². The van der Waals surface area contributed by atoms with Crippen molar-refractivity contribution in [3.63, 3.8) is 0 Å². The van der Waals surface area contributed by atoms with Crippen LogP contribution in [0.15, 0.2) is 34.9 Å². The maximum atomic E-state index is 11.5. The van der Waals surface area contributed by atoms with Gasteiger partial charge in [0.1, 0.15) is 5.76 Å². The number of carbonyl (C=O) groups excluding carboxylic acids is 1. The molecule has 1 aromatic heterocycles. The second kappa shape index (κ2) is 5.18. The molecule has 0 spiro atoms. The highest BCUT2D eigenvalue weighted by molar-refractivity contribution is 6.00. The van der Waals surface area contributed by atoms with Crippen LogP contribution >= 0.6 is 0 Å². The van der Waals surface area contributed by atoms with Crippen LogP contribution in [0.5, 0.6) is 0 Å². The molecule has 1 aromatic carbocycles. The van der Waals surface area contributed by atoms with Crippen molar-refractivity contribution in [3.05, 3.63) is 47.4 Å².